The van der Waals surface area contributed by atoms with Gasteiger partial charge in [0.25, 0.3) is 5.91 Å². The quantitative estimate of drug-likeness (QED) is 0.756. The number of amides is 1. The summed E-state index contributed by atoms with van der Waals surface area (Å²) < 4.78 is 0. The SMILES string of the molecule is CC1=CC(C)(C)N(C(=S)NC(=O)c2ccccc2)c2ccc(C)cc21. The number of hydrogen-bond donors (Lipinski definition) is 1. The lowest BCUT2D eigenvalue weighted by atomic mass is 9.88. The molecule has 1 amide bonds. The van der Waals surface area contributed by atoms with Crippen LogP contribution in [0.4, 0.5) is 5.69 Å². The lowest BCUT2D eigenvalue weighted by Crippen LogP contribution is -2.54. The third-order valence-electron chi connectivity index (χ3n) is 4.42. The third-order valence-corrected chi connectivity index (χ3v) is 4.71. The molecular formula is C21H22N2OS. The van der Waals surface area contributed by atoms with E-state index in [0.717, 1.165) is 11.3 Å². The fraction of sp³-hybridized carbons (Fsp3) is 0.238. The molecule has 2 aromatic carbocycles. The molecule has 1 heterocycles. The summed E-state index contributed by atoms with van der Waals surface area (Å²) in [7, 11) is 0. The fourth-order valence-corrected chi connectivity index (χ4v) is 3.76. The lowest BCUT2D eigenvalue weighted by Gasteiger charge is -2.43. The van der Waals surface area contributed by atoms with Crippen LogP contribution in [0.15, 0.2) is 54.6 Å². The minimum absolute atomic E-state index is 0.193. The number of fused-ring (bicyclic) bond motifs is 1. The van der Waals surface area contributed by atoms with Crippen LogP contribution in [-0.4, -0.2) is 16.6 Å². The molecular weight excluding hydrogens is 328 g/mol. The molecule has 1 N–H and O–H groups in total. The van der Waals surface area contributed by atoms with Crippen molar-refractivity contribution >= 4 is 34.5 Å². The molecule has 0 radical (unpaired) electrons. The highest BCUT2D eigenvalue weighted by Gasteiger charge is 2.34. The standard InChI is InChI=1S/C21H22N2OS/c1-14-10-11-18-17(12-14)15(2)13-21(3,4)23(18)20(25)22-19(24)16-8-6-5-7-9-16/h5-13H,1-4H3,(H,22,24,25). The Labute approximate surface area is 154 Å². The molecule has 0 atom stereocenters. The van der Waals surface area contributed by atoms with Crippen molar-refractivity contribution in [3.05, 3.63) is 71.3 Å². The van der Waals surface area contributed by atoms with E-state index in [9.17, 15) is 4.79 Å². The summed E-state index contributed by atoms with van der Waals surface area (Å²) in [5, 5.41) is 3.29. The predicted molar refractivity (Wildman–Crippen MR) is 108 cm³/mol. The molecule has 0 aliphatic carbocycles. The number of aryl methyl sites for hydroxylation is 1. The van der Waals surface area contributed by atoms with Gasteiger partial charge in [-0.05, 0) is 69.8 Å². The van der Waals surface area contributed by atoms with Crippen molar-refractivity contribution in [3.63, 3.8) is 0 Å². The molecule has 0 unspecified atom stereocenters. The highest BCUT2D eigenvalue weighted by atomic mass is 32.1. The Morgan fingerprint density at radius 2 is 1.76 bits per heavy atom. The van der Waals surface area contributed by atoms with Gasteiger partial charge in [-0.3, -0.25) is 10.1 Å². The number of anilines is 1. The van der Waals surface area contributed by atoms with Gasteiger partial charge >= 0.3 is 0 Å². The maximum absolute atomic E-state index is 12.5. The lowest BCUT2D eigenvalue weighted by molar-refractivity contribution is 0.0977. The van der Waals surface area contributed by atoms with Gasteiger partial charge in [-0.2, -0.15) is 0 Å². The Balaban J connectivity index is 1.95. The van der Waals surface area contributed by atoms with Crippen molar-refractivity contribution in [2.75, 3.05) is 4.90 Å². The number of rotatable bonds is 1. The van der Waals surface area contributed by atoms with Gasteiger partial charge < -0.3 is 4.90 Å². The number of nitrogens with one attached hydrogen (secondary N) is 1. The van der Waals surface area contributed by atoms with E-state index in [1.54, 1.807) is 12.1 Å². The maximum atomic E-state index is 12.5. The van der Waals surface area contributed by atoms with Crippen molar-refractivity contribution in [1.29, 1.82) is 0 Å². The van der Waals surface area contributed by atoms with Gasteiger partial charge in [0, 0.05) is 11.1 Å². The van der Waals surface area contributed by atoms with Crippen molar-refractivity contribution in [2.24, 2.45) is 0 Å². The Bertz CT molecular complexity index is 869. The van der Waals surface area contributed by atoms with Gasteiger partial charge in [-0.1, -0.05) is 35.9 Å². The normalized spacial score (nSPS) is 15.2. The molecule has 0 fully saturated rings. The average Bonchev–Trinajstić information content (AvgIpc) is 2.55. The minimum atomic E-state index is -0.326. The Kier molecular flexibility index (Phi) is 4.48. The summed E-state index contributed by atoms with van der Waals surface area (Å²) in [6.45, 7) is 8.39. The second-order valence-electron chi connectivity index (χ2n) is 6.96. The summed E-state index contributed by atoms with van der Waals surface area (Å²) in [6.07, 6.45) is 2.19. The van der Waals surface area contributed by atoms with Crippen LogP contribution in [0.25, 0.3) is 5.57 Å². The van der Waals surface area contributed by atoms with Crippen LogP contribution < -0.4 is 10.2 Å². The number of thiocarbonyl (C=S) groups is 1. The van der Waals surface area contributed by atoms with E-state index >= 15 is 0 Å². The van der Waals surface area contributed by atoms with Gasteiger partial charge in [-0.15, -0.1) is 0 Å². The smallest absolute Gasteiger partial charge is 0.257 e. The van der Waals surface area contributed by atoms with Gasteiger partial charge in [0.1, 0.15) is 0 Å². The first kappa shape index (κ1) is 17.4. The van der Waals surface area contributed by atoms with Crippen LogP contribution in [0.1, 0.15) is 42.3 Å². The zero-order valence-electron chi connectivity index (χ0n) is 15.0. The van der Waals surface area contributed by atoms with E-state index in [-0.39, 0.29) is 11.4 Å². The number of allylic oxidation sites excluding steroid dienone is 1. The first-order valence-electron chi connectivity index (χ1n) is 8.31. The highest BCUT2D eigenvalue weighted by Crippen LogP contribution is 2.39. The number of carbonyl (C=O) groups is 1. The zero-order valence-corrected chi connectivity index (χ0v) is 15.8. The molecule has 25 heavy (non-hydrogen) atoms. The van der Waals surface area contributed by atoms with Crippen LogP contribution >= 0.6 is 12.2 Å². The van der Waals surface area contributed by atoms with E-state index < -0.39 is 0 Å². The van der Waals surface area contributed by atoms with E-state index in [2.05, 4.69) is 57.3 Å². The van der Waals surface area contributed by atoms with Gasteiger partial charge in [0.05, 0.1) is 11.2 Å². The molecule has 0 aromatic heterocycles. The van der Waals surface area contributed by atoms with E-state index in [4.69, 9.17) is 12.2 Å². The van der Waals surface area contributed by atoms with Crippen LogP contribution in [0.3, 0.4) is 0 Å². The van der Waals surface area contributed by atoms with E-state index in [1.165, 1.54) is 11.1 Å². The van der Waals surface area contributed by atoms with Gasteiger partial charge in [-0.25, -0.2) is 0 Å². The first-order chi connectivity index (χ1) is 11.8. The molecule has 1 aliphatic heterocycles. The molecule has 3 rings (SSSR count). The molecule has 0 spiro atoms. The molecule has 0 saturated carbocycles. The second kappa shape index (κ2) is 6.45. The average molecular weight is 350 g/mol. The van der Waals surface area contributed by atoms with Crippen LogP contribution in [0.5, 0.6) is 0 Å². The van der Waals surface area contributed by atoms with Crippen molar-refractivity contribution < 1.29 is 4.79 Å². The fourth-order valence-electron chi connectivity index (χ4n) is 3.33. The zero-order chi connectivity index (χ0) is 18.2. The minimum Gasteiger partial charge on any atom is -0.309 e. The van der Waals surface area contributed by atoms with Crippen molar-refractivity contribution in [2.45, 2.75) is 33.2 Å². The predicted octanol–water partition coefficient (Wildman–Crippen LogP) is 4.71. The molecule has 0 saturated heterocycles. The number of carbonyl (C=O) groups excluding carboxylic acids is 1. The number of benzene rings is 2. The van der Waals surface area contributed by atoms with Crippen LogP contribution in [0, 0.1) is 6.92 Å². The Hall–Kier alpha value is -2.46. The van der Waals surface area contributed by atoms with Crippen molar-refractivity contribution in [1.82, 2.24) is 5.32 Å². The molecule has 128 valence electrons. The Morgan fingerprint density at radius 1 is 1.08 bits per heavy atom. The molecule has 2 aromatic rings. The summed E-state index contributed by atoms with van der Waals surface area (Å²) >= 11 is 5.61. The monoisotopic (exact) mass is 350 g/mol. The molecule has 1 aliphatic rings. The summed E-state index contributed by atoms with van der Waals surface area (Å²) in [6, 6.07) is 15.4. The molecule has 0 bridgehead atoms. The van der Waals surface area contributed by atoms with Crippen LogP contribution in [-0.2, 0) is 0 Å². The van der Waals surface area contributed by atoms with Gasteiger partial charge in [0.15, 0.2) is 5.11 Å². The topological polar surface area (TPSA) is 32.3 Å². The largest absolute Gasteiger partial charge is 0.309 e. The molecule has 3 nitrogen and oxygen atoms in total. The third kappa shape index (κ3) is 3.35. The summed E-state index contributed by atoms with van der Waals surface area (Å²) in [5.74, 6) is -0.193. The van der Waals surface area contributed by atoms with Gasteiger partial charge in [0.2, 0.25) is 0 Å². The van der Waals surface area contributed by atoms with E-state index in [1.807, 2.05) is 23.1 Å². The summed E-state index contributed by atoms with van der Waals surface area (Å²) in [5.41, 5.74) is 4.86. The van der Waals surface area contributed by atoms with Crippen molar-refractivity contribution in [3.8, 4) is 0 Å². The molecule has 4 heteroatoms. The second-order valence-corrected chi connectivity index (χ2v) is 7.35. The maximum Gasteiger partial charge on any atom is 0.257 e. The number of nitrogens with zero attached hydrogens (tertiary/aromatic N) is 1. The highest BCUT2D eigenvalue weighted by molar-refractivity contribution is 7.80. The Morgan fingerprint density at radius 3 is 2.44 bits per heavy atom. The van der Waals surface area contributed by atoms with Crippen LogP contribution in [0.2, 0.25) is 0 Å². The first-order valence-corrected chi connectivity index (χ1v) is 8.71. The van der Waals surface area contributed by atoms with E-state index in [0.29, 0.717) is 10.7 Å². The number of hydrogen-bond acceptors (Lipinski definition) is 2. The summed E-state index contributed by atoms with van der Waals surface area (Å²) in [4.78, 5) is 14.5.